The van der Waals surface area contributed by atoms with Crippen LogP contribution in [0.5, 0.6) is 5.75 Å². The molecule has 138 valence electrons. The number of hydrogen-bond donors (Lipinski definition) is 2. The molecule has 0 atom stereocenters. The monoisotopic (exact) mass is 377 g/mol. The molecular formula is C17H19N3O5S. The second-order valence-electron chi connectivity index (χ2n) is 5.00. The fourth-order valence-electron chi connectivity index (χ4n) is 1.87. The van der Waals surface area contributed by atoms with Gasteiger partial charge in [0.15, 0.2) is 6.61 Å². The Morgan fingerprint density at radius 1 is 1.27 bits per heavy atom. The Kier molecular flexibility index (Phi) is 7.22. The molecular weight excluding hydrogens is 358 g/mol. The van der Waals surface area contributed by atoms with Gasteiger partial charge in [0.05, 0.1) is 6.61 Å². The molecule has 1 aromatic carbocycles. The first kappa shape index (κ1) is 19.5. The van der Waals surface area contributed by atoms with Crippen molar-refractivity contribution in [2.75, 3.05) is 13.2 Å². The predicted octanol–water partition coefficient (Wildman–Crippen LogP) is 2.53. The van der Waals surface area contributed by atoms with Crippen molar-refractivity contribution in [3.05, 3.63) is 40.6 Å². The van der Waals surface area contributed by atoms with Crippen LogP contribution in [0, 0.1) is 0 Å². The molecule has 9 heteroatoms. The second-order valence-corrected chi connectivity index (χ2v) is 6.01. The van der Waals surface area contributed by atoms with Crippen LogP contribution in [0.1, 0.15) is 25.2 Å². The number of nitrogens with zero attached hydrogens (tertiary/aromatic N) is 2. The highest BCUT2D eigenvalue weighted by molar-refractivity contribution is 8.04. The number of hydrogen-bond acceptors (Lipinski definition) is 7. The number of carboxylic acids is 1. The van der Waals surface area contributed by atoms with Gasteiger partial charge in [-0.1, -0.05) is 19.1 Å². The van der Waals surface area contributed by atoms with Crippen molar-refractivity contribution >= 4 is 29.8 Å². The number of H-pyrrole nitrogens is 1. The number of carboxylic acid groups (broad SMARTS) is 1. The third kappa shape index (κ3) is 5.92. The van der Waals surface area contributed by atoms with Crippen LogP contribution in [0.4, 0.5) is 0 Å². The molecule has 2 N–H and O–H groups in total. The number of esters is 1. The molecule has 2 aromatic rings. The van der Waals surface area contributed by atoms with Gasteiger partial charge in [-0.25, -0.2) is 14.6 Å². The van der Waals surface area contributed by atoms with Crippen LogP contribution >= 0.6 is 11.8 Å². The third-order valence-electron chi connectivity index (χ3n) is 3.10. The minimum Gasteiger partial charge on any atom is -0.482 e. The average molecular weight is 377 g/mol. The molecule has 0 fully saturated rings. The maximum Gasteiger partial charge on any atom is 0.344 e. The topological polar surface area (TPSA) is 114 Å². The fourth-order valence-corrected chi connectivity index (χ4v) is 2.60. The Hall–Kier alpha value is -2.81. The van der Waals surface area contributed by atoms with Gasteiger partial charge in [0.25, 0.3) is 0 Å². The number of aryl methyl sites for hydroxylation is 1. The summed E-state index contributed by atoms with van der Waals surface area (Å²) < 4.78 is 10.1. The van der Waals surface area contributed by atoms with Crippen molar-refractivity contribution in [1.82, 2.24) is 15.2 Å². The van der Waals surface area contributed by atoms with Gasteiger partial charge in [-0.3, -0.25) is 5.10 Å². The van der Waals surface area contributed by atoms with E-state index in [2.05, 4.69) is 15.2 Å². The molecule has 0 spiro atoms. The number of aromatic nitrogens is 3. The average Bonchev–Trinajstić information content (AvgIpc) is 3.08. The van der Waals surface area contributed by atoms with E-state index < -0.39 is 11.9 Å². The number of ether oxygens (including phenoxy) is 2. The maximum atomic E-state index is 11.5. The molecule has 0 saturated heterocycles. The third-order valence-corrected chi connectivity index (χ3v) is 3.98. The molecule has 1 heterocycles. The summed E-state index contributed by atoms with van der Waals surface area (Å²) in [5.41, 5.74) is 0.671. The second kappa shape index (κ2) is 9.62. The van der Waals surface area contributed by atoms with Gasteiger partial charge < -0.3 is 14.6 Å². The number of rotatable bonds is 9. The zero-order chi connectivity index (χ0) is 18.9. The summed E-state index contributed by atoms with van der Waals surface area (Å²) in [6, 6.07) is 6.69. The summed E-state index contributed by atoms with van der Waals surface area (Å²) in [7, 11) is 0. The van der Waals surface area contributed by atoms with E-state index in [1.54, 1.807) is 31.2 Å². The standard InChI is InChI=1S/C17H19N3O5S/c1-3-14-18-17(20-19-14)26-13(16(22)23)9-11-5-7-12(8-6-11)25-10-15(21)24-4-2/h5-9H,3-4,10H2,1-2H3,(H,22,23)(H,18,19,20)/b13-9-. The first-order valence-electron chi connectivity index (χ1n) is 7.94. The highest BCUT2D eigenvalue weighted by Gasteiger charge is 2.13. The number of nitrogens with one attached hydrogen (secondary N) is 1. The normalized spacial score (nSPS) is 11.2. The number of carbonyl (C=O) groups is 2. The van der Waals surface area contributed by atoms with Gasteiger partial charge in [-0.15, -0.1) is 5.10 Å². The van der Waals surface area contributed by atoms with E-state index in [9.17, 15) is 14.7 Å². The first-order valence-corrected chi connectivity index (χ1v) is 8.76. The summed E-state index contributed by atoms with van der Waals surface area (Å²) in [4.78, 5) is 27.0. The first-order chi connectivity index (χ1) is 12.5. The zero-order valence-electron chi connectivity index (χ0n) is 14.4. The molecule has 0 aliphatic carbocycles. The van der Waals surface area contributed by atoms with Gasteiger partial charge in [-0.05, 0) is 42.5 Å². The summed E-state index contributed by atoms with van der Waals surface area (Å²) in [6.45, 7) is 3.77. The maximum absolute atomic E-state index is 11.5. The number of aliphatic carboxylic acids is 1. The Morgan fingerprint density at radius 2 is 2.00 bits per heavy atom. The van der Waals surface area contributed by atoms with Crippen LogP contribution in [0.3, 0.4) is 0 Å². The molecule has 8 nitrogen and oxygen atoms in total. The summed E-state index contributed by atoms with van der Waals surface area (Å²) in [5, 5.41) is 16.5. The summed E-state index contributed by atoms with van der Waals surface area (Å²) in [6.07, 6.45) is 2.21. The SMILES string of the molecule is CCOC(=O)COc1ccc(/C=C(\Sc2n[nH]c(CC)n2)C(=O)O)cc1. The van der Waals surface area contributed by atoms with E-state index in [-0.39, 0.29) is 11.5 Å². The molecule has 2 rings (SSSR count). The Morgan fingerprint density at radius 3 is 2.58 bits per heavy atom. The molecule has 0 amide bonds. The lowest BCUT2D eigenvalue weighted by Crippen LogP contribution is -2.14. The van der Waals surface area contributed by atoms with E-state index in [4.69, 9.17) is 9.47 Å². The Bertz CT molecular complexity index is 786. The number of thioether (sulfide) groups is 1. The van der Waals surface area contributed by atoms with E-state index in [0.717, 1.165) is 11.8 Å². The molecule has 26 heavy (non-hydrogen) atoms. The molecule has 0 radical (unpaired) electrons. The number of benzene rings is 1. The minimum atomic E-state index is -1.07. The van der Waals surface area contributed by atoms with Crippen molar-refractivity contribution in [3.8, 4) is 5.75 Å². The largest absolute Gasteiger partial charge is 0.482 e. The van der Waals surface area contributed by atoms with Crippen LogP contribution in [0.25, 0.3) is 6.08 Å². The van der Waals surface area contributed by atoms with E-state index >= 15 is 0 Å². The fraction of sp³-hybridized carbons (Fsp3) is 0.294. The lowest BCUT2D eigenvalue weighted by Gasteiger charge is -2.06. The van der Waals surface area contributed by atoms with Crippen LogP contribution < -0.4 is 4.74 Å². The molecule has 0 aliphatic heterocycles. The molecule has 0 aliphatic rings. The number of aromatic amines is 1. The van der Waals surface area contributed by atoms with Gasteiger partial charge in [0.2, 0.25) is 5.16 Å². The van der Waals surface area contributed by atoms with Gasteiger partial charge in [-0.2, -0.15) is 0 Å². The van der Waals surface area contributed by atoms with E-state index in [0.29, 0.717) is 35.3 Å². The van der Waals surface area contributed by atoms with E-state index in [1.165, 1.54) is 6.08 Å². The summed E-state index contributed by atoms with van der Waals surface area (Å²) in [5.74, 6) is -0.332. The lowest BCUT2D eigenvalue weighted by molar-refractivity contribution is -0.145. The van der Waals surface area contributed by atoms with Crippen LogP contribution in [0.2, 0.25) is 0 Å². The van der Waals surface area contributed by atoms with Crippen molar-refractivity contribution in [3.63, 3.8) is 0 Å². The van der Waals surface area contributed by atoms with Crippen molar-refractivity contribution in [2.24, 2.45) is 0 Å². The quantitative estimate of drug-likeness (QED) is 0.389. The molecule has 1 aromatic heterocycles. The number of carbonyl (C=O) groups excluding carboxylic acids is 1. The van der Waals surface area contributed by atoms with Gasteiger partial charge in [0, 0.05) is 6.42 Å². The Labute approximate surface area is 154 Å². The van der Waals surface area contributed by atoms with Crippen LogP contribution in [0.15, 0.2) is 34.3 Å². The molecule has 0 saturated carbocycles. The summed E-state index contributed by atoms with van der Waals surface area (Å²) >= 11 is 0.967. The zero-order valence-corrected chi connectivity index (χ0v) is 15.2. The van der Waals surface area contributed by atoms with Crippen LogP contribution in [-0.2, 0) is 20.7 Å². The minimum absolute atomic E-state index is 0.0897. The molecule has 0 unspecified atom stereocenters. The Balaban J connectivity index is 2.04. The smallest absolute Gasteiger partial charge is 0.344 e. The van der Waals surface area contributed by atoms with Crippen molar-refractivity contribution in [1.29, 1.82) is 0 Å². The predicted molar refractivity (Wildman–Crippen MR) is 95.8 cm³/mol. The van der Waals surface area contributed by atoms with Gasteiger partial charge >= 0.3 is 11.9 Å². The highest BCUT2D eigenvalue weighted by atomic mass is 32.2. The van der Waals surface area contributed by atoms with E-state index in [1.807, 2.05) is 6.92 Å². The molecule has 0 bridgehead atoms. The lowest BCUT2D eigenvalue weighted by atomic mass is 10.2. The van der Waals surface area contributed by atoms with Crippen molar-refractivity contribution in [2.45, 2.75) is 25.4 Å². The van der Waals surface area contributed by atoms with Crippen LogP contribution in [-0.4, -0.2) is 45.4 Å². The highest BCUT2D eigenvalue weighted by Crippen LogP contribution is 2.26. The van der Waals surface area contributed by atoms with Crippen molar-refractivity contribution < 1.29 is 24.2 Å². The van der Waals surface area contributed by atoms with Gasteiger partial charge in [0.1, 0.15) is 16.5 Å².